The third-order valence-electron chi connectivity index (χ3n) is 0.175. The maximum Gasteiger partial charge on any atom is 0.00783 e. The van der Waals surface area contributed by atoms with Crippen LogP contribution in [0.3, 0.4) is 0 Å². The Kier molecular flexibility index (Phi) is 4.18. The van der Waals surface area contributed by atoms with Crippen LogP contribution in [0.2, 0.25) is 0 Å². The molecule has 32 valence electrons. The fraction of sp³-hybridized carbons (Fsp3) is 0. The molecule has 0 N–H and O–H groups in total. The molecule has 0 aliphatic rings. The lowest BCUT2D eigenvalue weighted by Crippen LogP contribution is -1.29. The lowest BCUT2D eigenvalue weighted by Gasteiger charge is -1.53. The van der Waals surface area contributed by atoms with Crippen molar-refractivity contribution in [1.29, 1.82) is 0 Å². The summed E-state index contributed by atoms with van der Waals surface area (Å²) >= 11 is 2.90. The molecule has 0 bridgehead atoms. The number of nitrogens with zero attached hydrogens (tertiary/aromatic N) is 3. The van der Waals surface area contributed by atoms with Gasteiger partial charge in [-0.15, -0.1) is 0 Å². The van der Waals surface area contributed by atoms with Gasteiger partial charge in [0.2, 0.25) is 0 Å². The van der Waals surface area contributed by atoms with Crippen molar-refractivity contribution in [3.63, 3.8) is 0 Å². The zero-order valence-corrected chi connectivity index (χ0v) is 4.46. The van der Waals surface area contributed by atoms with E-state index in [9.17, 15) is 0 Å². The second-order valence-electron chi connectivity index (χ2n) is 0.480. The molecule has 4 heteroatoms. The van der Waals surface area contributed by atoms with Gasteiger partial charge in [-0.25, -0.2) is 0 Å². The van der Waals surface area contributed by atoms with Crippen LogP contribution < -0.4 is 0 Å². The van der Waals surface area contributed by atoms with Crippen LogP contribution in [0, 0.1) is 0 Å². The molecule has 0 heterocycles. The first-order chi connectivity index (χ1) is 2.91. The van der Waals surface area contributed by atoms with Crippen LogP contribution in [0.5, 0.6) is 0 Å². The van der Waals surface area contributed by atoms with Crippen molar-refractivity contribution in [3.8, 4) is 0 Å². The maximum absolute atomic E-state index is 7.58. The van der Waals surface area contributed by atoms with Crippen molar-refractivity contribution in [2.45, 2.75) is 0 Å². The van der Waals surface area contributed by atoms with E-state index in [0.29, 0.717) is 0 Å². The molecule has 0 unspecified atom stereocenters. The second kappa shape index (κ2) is 4.53. The van der Waals surface area contributed by atoms with E-state index in [1.54, 1.807) is 0 Å². The Balaban J connectivity index is 3.33. The molecule has 6 heavy (non-hydrogen) atoms. The highest BCUT2D eigenvalue weighted by molar-refractivity contribution is 9.11. The van der Waals surface area contributed by atoms with Crippen LogP contribution in [0.15, 0.2) is 16.3 Å². The normalized spacial score (nSPS) is 8.17. The zero-order valence-electron chi connectivity index (χ0n) is 2.87. The number of azide groups is 1. The van der Waals surface area contributed by atoms with Gasteiger partial charge in [-0.05, 0) is 10.5 Å². The van der Waals surface area contributed by atoms with Gasteiger partial charge in [0.15, 0.2) is 0 Å². The van der Waals surface area contributed by atoms with E-state index in [4.69, 9.17) is 5.53 Å². The van der Waals surface area contributed by atoms with Gasteiger partial charge in [-0.2, -0.15) is 0 Å². The molecule has 3 nitrogen and oxygen atoms in total. The molecule has 0 atom stereocenters. The molecular weight excluding hydrogens is 146 g/mol. The first-order valence-corrected chi connectivity index (χ1v) is 2.13. The molecule has 0 aromatic heterocycles. The number of hydrogen-bond acceptors (Lipinski definition) is 1. The quantitative estimate of drug-likeness (QED) is 0.310. The van der Waals surface area contributed by atoms with E-state index in [1.807, 2.05) is 0 Å². The van der Waals surface area contributed by atoms with Gasteiger partial charge in [-0.3, -0.25) is 0 Å². The van der Waals surface area contributed by atoms with Crippen molar-refractivity contribution in [2.75, 3.05) is 0 Å². The highest BCUT2D eigenvalue weighted by Gasteiger charge is 1.49. The van der Waals surface area contributed by atoms with E-state index in [1.165, 1.54) is 11.2 Å². The Morgan fingerprint density at radius 1 is 1.83 bits per heavy atom. The average Bonchev–Trinajstić information content (AvgIpc) is 1.61. The Morgan fingerprint density at radius 2 is 2.50 bits per heavy atom. The first-order valence-electron chi connectivity index (χ1n) is 1.21. The third kappa shape index (κ3) is 3.53. The minimum atomic E-state index is 1.31. The van der Waals surface area contributed by atoms with Crippen LogP contribution in [-0.4, -0.2) is 0 Å². The summed E-state index contributed by atoms with van der Waals surface area (Å²) in [4.78, 5) is 3.91. The van der Waals surface area contributed by atoms with E-state index >= 15 is 0 Å². The molecule has 0 aromatic rings. The largest absolute Gasteiger partial charge is 0.0680 e. The van der Waals surface area contributed by atoms with Gasteiger partial charge in [0, 0.05) is 11.1 Å². The van der Waals surface area contributed by atoms with Gasteiger partial charge in [0.05, 0.1) is 0 Å². The summed E-state index contributed by atoms with van der Waals surface area (Å²) in [7, 11) is 0. The Labute approximate surface area is 43.4 Å². The van der Waals surface area contributed by atoms with Crippen molar-refractivity contribution in [1.82, 2.24) is 0 Å². The molecule has 0 aromatic carbocycles. The summed E-state index contributed by atoms with van der Waals surface area (Å²) in [6.45, 7) is 0. The Hall–Kier alpha value is -0.470. The predicted octanol–water partition coefficient (Wildman–Crippen LogP) is 2.16. The minimum absolute atomic E-state index is 1.31. The van der Waals surface area contributed by atoms with Gasteiger partial charge in [0.25, 0.3) is 0 Å². The molecule has 0 radical (unpaired) electrons. The molecule has 0 aliphatic carbocycles. The van der Waals surface area contributed by atoms with Gasteiger partial charge >= 0.3 is 0 Å². The smallest absolute Gasteiger partial charge is 0.00783 e. The average molecular weight is 148 g/mol. The number of rotatable bonds is 1. The van der Waals surface area contributed by atoms with Crippen LogP contribution in [-0.2, 0) is 0 Å². The Morgan fingerprint density at radius 3 is 2.67 bits per heavy atom. The molecule has 0 saturated heterocycles. The highest BCUT2D eigenvalue weighted by Crippen LogP contribution is 1.81. The summed E-state index contributed by atoms with van der Waals surface area (Å²) in [6.07, 6.45) is 1.31. The van der Waals surface area contributed by atoms with Crippen LogP contribution in [0.1, 0.15) is 0 Å². The summed E-state index contributed by atoms with van der Waals surface area (Å²) in [5.41, 5.74) is 7.58. The Bertz CT molecular complexity index is 91.0. The van der Waals surface area contributed by atoms with Crippen LogP contribution >= 0.6 is 15.9 Å². The first kappa shape index (κ1) is 5.53. The molecule has 0 spiro atoms. The van der Waals surface area contributed by atoms with E-state index < -0.39 is 0 Å². The number of halogens is 1. The molecule has 0 saturated carbocycles. The van der Waals surface area contributed by atoms with Crippen LogP contribution in [0.25, 0.3) is 10.4 Å². The summed E-state index contributed by atoms with van der Waals surface area (Å²) in [5, 5.41) is 3.04. The van der Waals surface area contributed by atoms with Crippen molar-refractivity contribution >= 4 is 15.9 Å². The lowest BCUT2D eigenvalue weighted by atomic mass is 11.1. The van der Waals surface area contributed by atoms with E-state index in [2.05, 4.69) is 26.0 Å². The monoisotopic (exact) mass is 147 g/mol. The van der Waals surface area contributed by atoms with Gasteiger partial charge in [0.1, 0.15) is 0 Å². The second-order valence-corrected chi connectivity index (χ2v) is 1.01. The predicted molar refractivity (Wildman–Crippen MR) is 27.2 cm³/mol. The maximum atomic E-state index is 7.58. The fourth-order valence-corrected chi connectivity index (χ4v) is 0.161. The minimum Gasteiger partial charge on any atom is -0.0680 e. The SMILES string of the molecule is [N-]=[N+]=N/C=C/Br. The van der Waals surface area contributed by atoms with Gasteiger partial charge in [-0.1, -0.05) is 21.0 Å². The molecule has 0 rings (SSSR count). The molecule has 0 aliphatic heterocycles. The van der Waals surface area contributed by atoms with Gasteiger partial charge < -0.3 is 0 Å². The highest BCUT2D eigenvalue weighted by atomic mass is 79.9. The summed E-state index contributed by atoms with van der Waals surface area (Å²) in [5.74, 6) is 0. The van der Waals surface area contributed by atoms with Crippen molar-refractivity contribution in [3.05, 3.63) is 21.6 Å². The number of hydrogen-bond donors (Lipinski definition) is 0. The summed E-state index contributed by atoms with van der Waals surface area (Å²) < 4.78 is 0. The van der Waals surface area contributed by atoms with Crippen LogP contribution in [0.4, 0.5) is 0 Å². The standard InChI is InChI=1S/C2H2BrN3/c3-1-2-5-6-4/h1-2H/b2-1+. The fourth-order valence-electron chi connectivity index (χ4n) is 0.0550. The topological polar surface area (TPSA) is 48.8 Å². The van der Waals surface area contributed by atoms with E-state index in [0.717, 1.165) is 0 Å². The third-order valence-corrected chi connectivity index (χ3v) is 0.411. The van der Waals surface area contributed by atoms with E-state index in [-0.39, 0.29) is 0 Å². The zero-order chi connectivity index (χ0) is 4.83. The lowest BCUT2D eigenvalue weighted by molar-refractivity contribution is 1.53. The van der Waals surface area contributed by atoms with Crippen molar-refractivity contribution in [2.24, 2.45) is 5.11 Å². The van der Waals surface area contributed by atoms with Crippen molar-refractivity contribution < 1.29 is 0 Å². The molecule has 0 fully saturated rings. The molecular formula is C2H2BrN3. The summed E-state index contributed by atoms with van der Waals surface area (Å²) in [6, 6.07) is 0. The molecule has 0 amide bonds.